The molecule has 2 fully saturated rings. The largest absolute Gasteiger partial charge is 0.379 e. The van der Waals surface area contributed by atoms with Gasteiger partial charge in [0.05, 0.1) is 18.8 Å². The van der Waals surface area contributed by atoms with Gasteiger partial charge in [0, 0.05) is 26.2 Å². The lowest BCUT2D eigenvalue weighted by Crippen LogP contribution is -2.54. The van der Waals surface area contributed by atoms with E-state index in [1.165, 1.54) is 12.0 Å². The lowest BCUT2D eigenvalue weighted by Gasteiger charge is -2.31. The molecule has 1 aliphatic carbocycles. The monoisotopic (exact) mass is 331 g/mol. The number of nitrogens with one attached hydrogen (secondary N) is 1. The molecule has 1 saturated heterocycles. The van der Waals surface area contributed by atoms with E-state index in [1.807, 2.05) is 0 Å². The summed E-state index contributed by atoms with van der Waals surface area (Å²) in [5.74, 6) is -0.000377. The Morgan fingerprint density at radius 1 is 1.08 bits per heavy atom. The first-order valence-corrected chi connectivity index (χ1v) is 9.11. The van der Waals surface area contributed by atoms with Gasteiger partial charge in [-0.05, 0) is 24.0 Å². The first-order valence-electron chi connectivity index (χ1n) is 9.11. The molecule has 1 aliphatic heterocycles. The zero-order chi connectivity index (χ0) is 16.8. The summed E-state index contributed by atoms with van der Waals surface area (Å²) in [6.07, 6.45) is 4.91. The van der Waals surface area contributed by atoms with Gasteiger partial charge < -0.3 is 15.8 Å². The lowest BCUT2D eigenvalue weighted by atomic mass is 9.82. The van der Waals surface area contributed by atoms with Crippen LogP contribution in [0.25, 0.3) is 0 Å². The Hall–Kier alpha value is -1.43. The highest BCUT2D eigenvalue weighted by Gasteiger charge is 2.34. The van der Waals surface area contributed by atoms with Crippen molar-refractivity contribution in [1.29, 1.82) is 0 Å². The number of ether oxygens (including phenoxy) is 1. The van der Waals surface area contributed by atoms with Crippen LogP contribution >= 0.6 is 0 Å². The number of carbonyl (C=O) groups is 1. The van der Waals surface area contributed by atoms with Crippen molar-refractivity contribution in [2.24, 2.45) is 5.73 Å². The fraction of sp³-hybridized carbons (Fsp3) is 0.632. The second kappa shape index (κ2) is 8.10. The average Bonchev–Trinajstić information content (AvgIpc) is 2.62. The third kappa shape index (κ3) is 4.56. The predicted octanol–water partition coefficient (Wildman–Crippen LogP) is 1.80. The van der Waals surface area contributed by atoms with Crippen molar-refractivity contribution in [2.75, 3.05) is 26.3 Å². The molecule has 1 aromatic rings. The van der Waals surface area contributed by atoms with Gasteiger partial charge in [-0.1, -0.05) is 43.5 Å². The van der Waals surface area contributed by atoms with Crippen molar-refractivity contribution in [3.05, 3.63) is 35.4 Å². The fourth-order valence-corrected chi connectivity index (χ4v) is 3.55. The smallest absolute Gasteiger partial charge is 0.240 e. The number of hydrogen-bond donors (Lipinski definition) is 2. The van der Waals surface area contributed by atoms with Crippen molar-refractivity contribution >= 4 is 5.91 Å². The summed E-state index contributed by atoms with van der Waals surface area (Å²) >= 11 is 0. The SMILES string of the molecule is NC1(C(=O)NCc2ccc(CN3CCOCC3)cc2)CCCCC1. The second-order valence-electron chi connectivity index (χ2n) is 7.10. The molecule has 5 heteroatoms. The summed E-state index contributed by atoms with van der Waals surface area (Å²) in [5.41, 5.74) is 8.03. The van der Waals surface area contributed by atoms with Gasteiger partial charge in [0.2, 0.25) is 5.91 Å². The molecule has 1 amide bonds. The van der Waals surface area contributed by atoms with E-state index >= 15 is 0 Å². The van der Waals surface area contributed by atoms with Crippen LogP contribution in [0, 0.1) is 0 Å². The number of benzene rings is 1. The van der Waals surface area contributed by atoms with Crippen LogP contribution < -0.4 is 11.1 Å². The Kier molecular flexibility index (Phi) is 5.87. The van der Waals surface area contributed by atoms with Crippen LogP contribution in [-0.2, 0) is 22.6 Å². The molecule has 3 rings (SSSR count). The topological polar surface area (TPSA) is 67.6 Å². The molecule has 2 aliphatic rings. The standard InChI is InChI=1S/C19H29N3O2/c20-19(8-2-1-3-9-19)18(23)21-14-16-4-6-17(7-5-16)15-22-10-12-24-13-11-22/h4-7H,1-3,8-15,20H2,(H,21,23). The number of nitrogens with zero attached hydrogens (tertiary/aromatic N) is 1. The Labute approximate surface area is 144 Å². The minimum absolute atomic E-state index is 0.000377. The molecule has 0 unspecified atom stereocenters. The maximum atomic E-state index is 12.4. The van der Waals surface area contributed by atoms with Crippen LogP contribution in [0.15, 0.2) is 24.3 Å². The molecule has 132 valence electrons. The predicted molar refractivity (Wildman–Crippen MR) is 94.4 cm³/mol. The lowest BCUT2D eigenvalue weighted by molar-refractivity contribution is -0.127. The van der Waals surface area contributed by atoms with Crippen LogP contribution in [0.1, 0.15) is 43.2 Å². The van der Waals surface area contributed by atoms with Gasteiger partial charge in [0.15, 0.2) is 0 Å². The van der Waals surface area contributed by atoms with Crippen molar-refractivity contribution in [1.82, 2.24) is 10.2 Å². The van der Waals surface area contributed by atoms with Gasteiger partial charge in [0.1, 0.15) is 0 Å². The molecule has 1 saturated carbocycles. The van der Waals surface area contributed by atoms with Crippen LogP contribution in [0.2, 0.25) is 0 Å². The maximum absolute atomic E-state index is 12.4. The number of carbonyl (C=O) groups excluding carboxylic acids is 1. The van der Waals surface area contributed by atoms with Crippen LogP contribution in [-0.4, -0.2) is 42.6 Å². The molecule has 0 aromatic heterocycles. The number of morpholine rings is 1. The van der Waals surface area contributed by atoms with E-state index in [2.05, 4.69) is 34.5 Å². The van der Waals surface area contributed by atoms with E-state index in [1.54, 1.807) is 0 Å². The Balaban J connectivity index is 1.48. The minimum Gasteiger partial charge on any atom is -0.379 e. The third-order valence-electron chi connectivity index (χ3n) is 5.18. The highest BCUT2D eigenvalue weighted by Crippen LogP contribution is 2.26. The second-order valence-corrected chi connectivity index (χ2v) is 7.10. The summed E-state index contributed by atoms with van der Waals surface area (Å²) in [6.45, 7) is 5.15. The first kappa shape index (κ1) is 17.4. The zero-order valence-corrected chi connectivity index (χ0v) is 14.4. The molecular formula is C19H29N3O2. The van der Waals surface area contributed by atoms with Gasteiger partial charge >= 0.3 is 0 Å². The van der Waals surface area contributed by atoms with E-state index in [0.29, 0.717) is 6.54 Å². The highest BCUT2D eigenvalue weighted by atomic mass is 16.5. The van der Waals surface area contributed by atoms with Crippen molar-refractivity contribution < 1.29 is 9.53 Å². The number of nitrogens with two attached hydrogens (primary N) is 1. The molecule has 5 nitrogen and oxygen atoms in total. The molecule has 0 spiro atoms. The molecule has 3 N–H and O–H groups in total. The van der Waals surface area contributed by atoms with Gasteiger partial charge in [-0.3, -0.25) is 9.69 Å². The van der Waals surface area contributed by atoms with E-state index in [4.69, 9.17) is 10.5 Å². The number of rotatable bonds is 5. The Morgan fingerprint density at radius 3 is 2.38 bits per heavy atom. The Bertz CT molecular complexity index is 532. The van der Waals surface area contributed by atoms with Crippen molar-refractivity contribution in [2.45, 2.75) is 50.7 Å². The number of amides is 1. The molecule has 0 radical (unpaired) electrons. The fourth-order valence-electron chi connectivity index (χ4n) is 3.55. The summed E-state index contributed by atoms with van der Waals surface area (Å²) < 4.78 is 5.38. The summed E-state index contributed by atoms with van der Waals surface area (Å²) in [7, 11) is 0. The van der Waals surface area contributed by atoms with E-state index in [0.717, 1.165) is 64.1 Å². The van der Waals surface area contributed by atoms with Crippen LogP contribution in [0.5, 0.6) is 0 Å². The van der Waals surface area contributed by atoms with Gasteiger partial charge in [0.25, 0.3) is 0 Å². The van der Waals surface area contributed by atoms with Gasteiger partial charge in [-0.25, -0.2) is 0 Å². The van der Waals surface area contributed by atoms with Gasteiger partial charge in [-0.2, -0.15) is 0 Å². The summed E-state index contributed by atoms with van der Waals surface area (Å²) in [5, 5.41) is 3.02. The highest BCUT2D eigenvalue weighted by molar-refractivity contribution is 5.86. The van der Waals surface area contributed by atoms with Crippen molar-refractivity contribution in [3.63, 3.8) is 0 Å². The molecule has 1 heterocycles. The van der Waals surface area contributed by atoms with Crippen LogP contribution in [0.3, 0.4) is 0 Å². The molecule has 1 aromatic carbocycles. The summed E-state index contributed by atoms with van der Waals surface area (Å²) in [6, 6.07) is 8.49. The molecular weight excluding hydrogens is 302 g/mol. The van der Waals surface area contributed by atoms with E-state index in [-0.39, 0.29) is 5.91 Å². The molecule has 0 bridgehead atoms. The van der Waals surface area contributed by atoms with E-state index < -0.39 is 5.54 Å². The van der Waals surface area contributed by atoms with Crippen molar-refractivity contribution in [3.8, 4) is 0 Å². The quantitative estimate of drug-likeness (QED) is 0.863. The molecule has 24 heavy (non-hydrogen) atoms. The van der Waals surface area contributed by atoms with Gasteiger partial charge in [-0.15, -0.1) is 0 Å². The average molecular weight is 331 g/mol. The molecule has 0 atom stereocenters. The third-order valence-corrected chi connectivity index (χ3v) is 5.18. The number of hydrogen-bond acceptors (Lipinski definition) is 4. The normalized spacial score (nSPS) is 21.4. The summed E-state index contributed by atoms with van der Waals surface area (Å²) in [4.78, 5) is 14.8. The van der Waals surface area contributed by atoms with Crippen LogP contribution in [0.4, 0.5) is 0 Å². The van der Waals surface area contributed by atoms with E-state index in [9.17, 15) is 4.79 Å². The minimum atomic E-state index is -0.658. The zero-order valence-electron chi connectivity index (χ0n) is 14.4. The maximum Gasteiger partial charge on any atom is 0.240 e. The first-order chi connectivity index (χ1) is 11.7. The Morgan fingerprint density at radius 2 is 1.71 bits per heavy atom.